The van der Waals surface area contributed by atoms with Crippen molar-refractivity contribution in [2.45, 2.75) is 19.3 Å². The van der Waals surface area contributed by atoms with Crippen LogP contribution in [0, 0.1) is 0 Å². The third-order valence-corrected chi connectivity index (χ3v) is 3.76. The van der Waals surface area contributed by atoms with Gasteiger partial charge in [0.2, 0.25) is 0 Å². The summed E-state index contributed by atoms with van der Waals surface area (Å²) < 4.78 is 0. The molecule has 88 valence electrons. The second kappa shape index (κ2) is 4.11. The fourth-order valence-corrected chi connectivity index (χ4v) is 3.02. The quantitative estimate of drug-likeness (QED) is 0.773. The summed E-state index contributed by atoms with van der Waals surface area (Å²) >= 11 is 0. The summed E-state index contributed by atoms with van der Waals surface area (Å²) in [5.41, 5.74) is 4.36. The topological polar surface area (TPSA) is 20.3 Å². The Balaban J connectivity index is 1.83. The van der Waals surface area contributed by atoms with Crippen LogP contribution < -0.4 is 0 Å². The molecule has 1 aromatic carbocycles. The average Bonchev–Trinajstić information content (AvgIpc) is 2.66. The maximum atomic E-state index is 11.2. The first-order valence-electron chi connectivity index (χ1n) is 6.25. The van der Waals surface area contributed by atoms with Crippen molar-refractivity contribution in [1.29, 1.82) is 0 Å². The molecule has 1 aliphatic carbocycles. The molecule has 1 fully saturated rings. The molecule has 2 heteroatoms. The molecule has 17 heavy (non-hydrogen) atoms. The van der Waals surface area contributed by atoms with E-state index in [0.29, 0.717) is 12.5 Å². The van der Waals surface area contributed by atoms with E-state index >= 15 is 0 Å². The molecule has 0 aromatic heterocycles. The minimum atomic E-state index is 0.267. The minimum Gasteiger partial charge on any atom is -0.299 e. The number of piperidine rings is 1. The van der Waals surface area contributed by atoms with Crippen LogP contribution in [0.3, 0.4) is 0 Å². The Kier molecular flexibility index (Phi) is 2.60. The summed E-state index contributed by atoms with van der Waals surface area (Å²) in [6.07, 6.45) is 3.44. The summed E-state index contributed by atoms with van der Waals surface area (Å²) in [4.78, 5) is 13.5. The lowest BCUT2D eigenvalue weighted by Gasteiger charge is -2.32. The molecule has 1 saturated heterocycles. The zero-order chi connectivity index (χ0) is 11.8. The van der Waals surface area contributed by atoms with Gasteiger partial charge in [-0.15, -0.1) is 0 Å². The lowest BCUT2D eigenvalue weighted by Crippen LogP contribution is -2.37. The number of ketones is 1. The molecule has 0 radical (unpaired) electrons. The number of nitrogens with zero attached hydrogens (tertiary/aromatic N) is 1. The molecule has 0 amide bonds. The highest BCUT2D eigenvalue weighted by Crippen LogP contribution is 2.40. The molecule has 1 heterocycles. The zero-order valence-corrected chi connectivity index (χ0v) is 10.1. The van der Waals surface area contributed by atoms with Crippen LogP contribution in [0.5, 0.6) is 0 Å². The number of Topliss-reactive ketones (excluding diaryl/α,β-unsaturated/α-hetero) is 1. The van der Waals surface area contributed by atoms with Crippen molar-refractivity contribution < 1.29 is 4.79 Å². The Morgan fingerprint density at radius 1 is 1.41 bits per heavy atom. The number of hydrogen-bond acceptors (Lipinski definition) is 2. The number of likely N-dealkylation sites (tertiary alicyclic amines) is 1. The van der Waals surface area contributed by atoms with Gasteiger partial charge in [-0.2, -0.15) is 0 Å². The predicted molar refractivity (Wildman–Crippen MR) is 68.9 cm³/mol. The van der Waals surface area contributed by atoms with Gasteiger partial charge in [0.25, 0.3) is 0 Å². The Morgan fingerprint density at radius 3 is 3.06 bits per heavy atom. The van der Waals surface area contributed by atoms with Crippen molar-refractivity contribution >= 4 is 11.9 Å². The van der Waals surface area contributed by atoms with Gasteiger partial charge in [-0.1, -0.05) is 35.9 Å². The van der Waals surface area contributed by atoms with Crippen LogP contribution in [0.15, 0.2) is 29.8 Å². The normalized spacial score (nSPS) is 22.9. The highest BCUT2D eigenvalue weighted by molar-refractivity contribution is 5.77. The van der Waals surface area contributed by atoms with E-state index in [2.05, 4.69) is 35.2 Å². The van der Waals surface area contributed by atoms with Gasteiger partial charge in [-0.05, 0) is 24.5 Å². The van der Waals surface area contributed by atoms with Gasteiger partial charge >= 0.3 is 0 Å². The van der Waals surface area contributed by atoms with Crippen LogP contribution in [0.4, 0.5) is 0 Å². The van der Waals surface area contributed by atoms with Gasteiger partial charge in [-0.25, -0.2) is 0 Å². The summed E-state index contributed by atoms with van der Waals surface area (Å²) in [5.74, 6) is 0.794. The molecule has 0 unspecified atom stereocenters. The summed E-state index contributed by atoms with van der Waals surface area (Å²) in [6.45, 7) is 4.30. The molecule has 2 nitrogen and oxygen atoms in total. The molecule has 1 aliphatic heterocycles. The molecular weight excluding hydrogens is 210 g/mol. The van der Waals surface area contributed by atoms with E-state index in [9.17, 15) is 4.79 Å². The maximum Gasteiger partial charge on any atom is 0.143 e. The number of benzene rings is 1. The number of rotatable bonds is 2. The second-order valence-electron chi connectivity index (χ2n) is 5.09. The smallest absolute Gasteiger partial charge is 0.143 e. The fourth-order valence-electron chi connectivity index (χ4n) is 3.02. The van der Waals surface area contributed by atoms with Gasteiger partial charge < -0.3 is 0 Å². The molecular formula is C15H17NO. The van der Waals surface area contributed by atoms with E-state index in [-0.39, 0.29) is 5.78 Å². The lowest BCUT2D eigenvalue weighted by molar-refractivity contribution is -0.118. The van der Waals surface area contributed by atoms with Gasteiger partial charge in [0.05, 0.1) is 6.54 Å². The lowest BCUT2D eigenvalue weighted by atomic mass is 9.90. The summed E-state index contributed by atoms with van der Waals surface area (Å²) in [7, 11) is 0. The standard InChI is InChI=1S/C15H17NO/c1-11(17)9-16-7-6-13-8-12-4-2-3-5-14(12)15(13)10-16/h2-5,8,15H,6-7,9-10H2,1H3/t15-/m1/s1. The largest absolute Gasteiger partial charge is 0.299 e. The Morgan fingerprint density at radius 2 is 2.24 bits per heavy atom. The minimum absolute atomic E-state index is 0.267. The molecule has 3 rings (SSSR count). The summed E-state index contributed by atoms with van der Waals surface area (Å²) in [6, 6.07) is 8.62. The van der Waals surface area contributed by atoms with Crippen molar-refractivity contribution in [3.8, 4) is 0 Å². The Hall–Kier alpha value is -1.41. The van der Waals surface area contributed by atoms with Gasteiger partial charge in [0.1, 0.15) is 5.78 Å². The van der Waals surface area contributed by atoms with Crippen molar-refractivity contribution in [3.05, 3.63) is 41.0 Å². The SMILES string of the molecule is CC(=O)CN1CCC2=Cc3ccccc3[C@@H]2C1. The number of carbonyl (C=O) groups excluding carboxylic acids is 1. The van der Waals surface area contributed by atoms with Crippen molar-refractivity contribution in [2.24, 2.45) is 0 Å². The van der Waals surface area contributed by atoms with E-state index in [0.717, 1.165) is 19.5 Å². The Bertz CT molecular complexity index is 489. The molecule has 1 atom stereocenters. The van der Waals surface area contributed by atoms with E-state index in [1.165, 1.54) is 11.1 Å². The van der Waals surface area contributed by atoms with E-state index in [4.69, 9.17) is 0 Å². The molecule has 0 N–H and O–H groups in total. The fraction of sp³-hybridized carbons (Fsp3) is 0.400. The van der Waals surface area contributed by atoms with Crippen LogP contribution in [0.25, 0.3) is 6.08 Å². The summed E-state index contributed by atoms with van der Waals surface area (Å²) in [5, 5.41) is 0. The monoisotopic (exact) mass is 227 g/mol. The van der Waals surface area contributed by atoms with E-state index < -0.39 is 0 Å². The average molecular weight is 227 g/mol. The van der Waals surface area contributed by atoms with Crippen LogP contribution in [0.2, 0.25) is 0 Å². The zero-order valence-electron chi connectivity index (χ0n) is 10.1. The van der Waals surface area contributed by atoms with Crippen LogP contribution in [-0.4, -0.2) is 30.3 Å². The van der Waals surface area contributed by atoms with Crippen molar-refractivity contribution in [1.82, 2.24) is 4.90 Å². The third-order valence-electron chi connectivity index (χ3n) is 3.76. The van der Waals surface area contributed by atoms with E-state index in [1.807, 2.05) is 0 Å². The first-order valence-corrected chi connectivity index (χ1v) is 6.25. The predicted octanol–water partition coefficient (Wildman–Crippen LogP) is 2.46. The number of fused-ring (bicyclic) bond motifs is 3. The van der Waals surface area contributed by atoms with Crippen LogP contribution >= 0.6 is 0 Å². The van der Waals surface area contributed by atoms with Crippen LogP contribution in [-0.2, 0) is 4.79 Å². The molecule has 0 saturated carbocycles. The second-order valence-corrected chi connectivity index (χ2v) is 5.09. The third kappa shape index (κ3) is 1.93. The molecule has 0 spiro atoms. The Labute approximate surface area is 102 Å². The van der Waals surface area contributed by atoms with Crippen molar-refractivity contribution in [2.75, 3.05) is 19.6 Å². The number of hydrogen-bond donors (Lipinski definition) is 0. The van der Waals surface area contributed by atoms with Gasteiger partial charge in [0.15, 0.2) is 0 Å². The molecule has 1 aromatic rings. The van der Waals surface area contributed by atoms with Gasteiger partial charge in [0, 0.05) is 19.0 Å². The first kappa shape index (κ1) is 10.7. The molecule has 2 aliphatic rings. The molecule has 0 bridgehead atoms. The highest BCUT2D eigenvalue weighted by atomic mass is 16.1. The first-order chi connectivity index (χ1) is 8.24. The van der Waals surface area contributed by atoms with Crippen LogP contribution in [0.1, 0.15) is 30.4 Å². The highest BCUT2D eigenvalue weighted by Gasteiger charge is 2.30. The van der Waals surface area contributed by atoms with Gasteiger partial charge in [-0.3, -0.25) is 9.69 Å². The maximum absolute atomic E-state index is 11.2. The number of carbonyl (C=O) groups is 1. The van der Waals surface area contributed by atoms with Crippen molar-refractivity contribution in [3.63, 3.8) is 0 Å². The van der Waals surface area contributed by atoms with E-state index in [1.54, 1.807) is 12.5 Å².